The van der Waals surface area contributed by atoms with E-state index in [2.05, 4.69) is 29.6 Å². The third-order valence-electron chi connectivity index (χ3n) is 3.93. The molecule has 0 aliphatic rings. The van der Waals surface area contributed by atoms with Gasteiger partial charge in [0.05, 0.1) is 6.61 Å². The maximum atomic E-state index is 11.8. The van der Waals surface area contributed by atoms with Crippen LogP contribution in [-0.4, -0.2) is 35.4 Å². The first kappa shape index (κ1) is 18.7. The molecule has 0 aromatic heterocycles. The van der Waals surface area contributed by atoms with Gasteiger partial charge in [0.15, 0.2) is 0 Å². The van der Waals surface area contributed by atoms with Crippen molar-refractivity contribution in [1.29, 1.82) is 0 Å². The lowest BCUT2D eigenvalue weighted by Crippen LogP contribution is -2.45. The lowest BCUT2D eigenvalue weighted by atomic mass is 9.87. The molecule has 0 spiro atoms. The zero-order valence-electron chi connectivity index (χ0n) is 13.7. The van der Waals surface area contributed by atoms with Gasteiger partial charge in [-0.2, -0.15) is 0 Å². The molecular formula is C18H29NO3. The van der Waals surface area contributed by atoms with E-state index in [9.17, 15) is 9.90 Å². The number of nitrogens with one attached hydrogen (secondary N) is 1. The van der Waals surface area contributed by atoms with E-state index in [4.69, 9.17) is 5.11 Å². The molecule has 0 aliphatic carbocycles. The Morgan fingerprint density at radius 2 is 1.77 bits per heavy atom. The van der Waals surface area contributed by atoms with Crippen molar-refractivity contribution < 1.29 is 15.0 Å². The summed E-state index contributed by atoms with van der Waals surface area (Å²) in [5.41, 5.74) is 0.560. The monoisotopic (exact) mass is 307 g/mol. The molecule has 0 fully saturated rings. The van der Waals surface area contributed by atoms with Crippen LogP contribution in [0.25, 0.3) is 0 Å². The highest BCUT2D eigenvalue weighted by molar-refractivity contribution is 5.81. The lowest BCUT2D eigenvalue weighted by molar-refractivity contribution is -0.137. The average molecular weight is 307 g/mol. The third kappa shape index (κ3) is 6.58. The fourth-order valence-corrected chi connectivity index (χ4v) is 2.20. The number of aryl methyl sites for hydroxylation is 1. The van der Waals surface area contributed by atoms with Crippen molar-refractivity contribution in [2.24, 2.45) is 5.41 Å². The van der Waals surface area contributed by atoms with E-state index >= 15 is 0 Å². The number of amides is 1. The van der Waals surface area contributed by atoms with Crippen LogP contribution in [0, 0.1) is 5.41 Å². The molecule has 3 N–H and O–H groups in total. The van der Waals surface area contributed by atoms with Gasteiger partial charge in [0.1, 0.15) is 6.10 Å². The highest BCUT2D eigenvalue weighted by atomic mass is 16.3. The number of unbranched alkanes of at least 4 members (excludes halogenated alkanes) is 3. The summed E-state index contributed by atoms with van der Waals surface area (Å²) in [7, 11) is 0. The number of aliphatic hydroxyl groups is 2. The van der Waals surface area contributed by atoms with Gasteiger partial charge in [-0.3, -0.25) is 4.79 Å². The molecule has 0 unspecified atom stereocenters. The average Bonchev–Trinajstić information content (AvgIpc) is 2.54. The number of rotatable bonds is 10. The highest BCUT2D eigenvalue weighted by Gasteiger charge is 2.32. The quantitative estimate of drug-likeness (QED) is 0.581. The van der Waals surface area contributed by atoms with Gasteiger partial charge in [0.2, 0.25) is 5.91 Å². The summed E-state index contributed by atoms with van der Waals surface area (Å²) < 4.78 is 0. The van der Waals surface area contributed by atoms with Crippen LogP contribution >= 0.6 is 0 Å². The minimum Gasteiger partial charge on any atom is -0.396 e. The van der Waals surface area contributed by atoms with Crippen LogP contribution in [0.1, 0.15) is 45.1 Å². The topological polar surface area (TPSA) is 69.6 Å². The first-order valence-corrected chi connectivity index (χ1v) is 8.08. The molecule has 0 radical (unpaired) electrons. The molecule has 1 amide bonds. The van der Waals surface area contributed by atoms with Crippen LogP contribution in [0.3, 0.4) is 0 Å². The van der Waals surface area contributed by atoms with Crippen LogP contribution in [0.5, 0.6) is 0 Å². The van der Waals surface area contributed by atoms with E-state index in [1.165, 1.54) is 5.56 Å². The second kappa shape index (κ2) is 9.59. The summed E-state index contributed by atoms with van der Waals surface area (Å²) in [6, 6.07) is 10.4. The van der Waals surface area contributed by atoms with Gasteiger partial charge in [-0.25, -0.2) is 0 Å². The smallest absolute Gasteiger partial charge is 0.249 e. The zero-order valence-corrected chi connectivity index (χ0v) is 13.7. The molecule has 1 aromatic rings. The molecule has 4 heteroatoms. The van der Waals surface area contributed by atoms with Gasteiger partial charge in [0, 0.05) is 12.0 Å². The zero-order chi connectivity index (χ0) is 16.4. The molecule has 124 valence electrons. The van der Waals surface area contributed by atoms with Crippen LogP contribution in [0.2, 0.25) is 0 Å². The Morgan fingerprint density at radius 1 is 1.14 bits per heavy atom. The molecule has 0 bridgehead atoms. The number of carbonyl (C=O) groups excluding carboxylic acids is 1. The SMILES string of the molecule is CC(C)(CO)[C@@H](O)C(=O)NCCCCCCc1ccccc1. The van der Waals surface area contributed by atoms with Crippen LogP contribution in [0.15, 0.2) is 30.3 Å². The summed E-state index contributed by atoms with van der Waals surface area (Å²) in [6.07, 6.45) is 4.18. The fourth-order valence-electron chi connectivity index (χ4n) is 2.20. The molecule has 0 saturated carbocycles. The fraction of sp³-hybridized carbons (Fsp3) is 0.611. The Morgan fingerprint density at radius 3 is 2.41 bits per heavy atom. The van der Waals surface area contributed by atoms with Gasteiger partial charge >= 0.3 is 0 Å². The van der Waals surface area contributed by atoms with Gasteiger partial charge in [-0.15, -0.1) is 0 Å². The third-order valence-corrected chi connectivity index (χ3v) is 3.93. The largest absolute Gasteiger partial charge is 0.396 e. The number of hydrogen-bond acceptors (Lipinski definition) is 3. The van der Waals surface area contributed by atoms with Crippen LogP contribution in [-0.2, 0) is 11.2 Å². The van der Waals surface area contributed by atoms with E-state index in [1.54, 1.807) is 13.8 Å². The summed E-state index contributed by atoms with van der Waals surface area (Å²) in [5.74, 6) is -0.400. The molecule has 1 aromatic carbocycles. The Bertz CT molecular complexity index is 431. The highest BCUT2D eigenvalue weighted by Crippen LogP contribution is 2.19. The van der Waals surface area contributed by atoms with Gasteiger partial charge in [-0.1, -0.05) is 57.0 Å². The van der Waals surface area contributed by atoms with Crippen molar-refractivity contribution in [2.75, 3.05) is 13.2 Å². The van der Waals surface area contributed by atoms with E-state index in [0.717, 1.165) is 32.1 Å². The van der Waals surface area contributed by atoms with Crippen molar-refractivity contribution in [2.45, 2.75) is 52.1 Å². The predicted molar refractivity (Wildman–Crippen MR) is 88.5 cm³/mol. The van der Waals surface area contributed by atoms with Gasteiger partial charge < -0.3 is 15.5 Å². The standard InChI is InChI=1S/C18H29NO3/c1-18(2,14-20)16(21)17(22)19-13-9-4-3-6-10-15-11-7-5-8-12-15/h5,7-8,11-12,16,20-21H,3-4,6,9-10,13-14H2,1-2H3,(H,19,22)/t16-/m0/s1. The Hall–Kier alpha value is -1.39. The summed E-state index contributed by atoms with van der Waals surface area (Å²) in [6.45, 7) is 3.69. The molecule has 0 aliphatic heterocycles. The van der Waals surface area contributed by atoms with Crippen molar-refractivity contribution >= 4 is 5.91 Å². The predicted octanol–water partition coefficient (Wildman–Crippen LogP) is 2.29. The van der Waals surface area contributed by atoms with Crippen molar-refractivity contribution in [3.05, 3.63) is 35.9 Å². The van der Waals surface area contributed by atoms with E-state index < -0.39 is 17.4 Å². The van der Waals surface area contributed by atoms with Gasteiger partial charge in [0.25, 0.3) is 0 Å². The number of benzene rings is 1. The Labute approximate surface area is 133 Å². The van der Waals surface area contributed by atoms with Crippen LogP contribution in [0.4, 0.5) is 0 Å². The maximum absolute atomic E-state index is 11.8. The molecular weight excluding hydrogens is 278 g/mol. The normalized spacial score (nSPS) is 12.9. The second-order valence-corrected chi connectivity index (χ2v) is 6.49. The molecule has 22 heavy (non-hydrogen) atoms. The van der Waals surface area contributed by atoms with Crippen molar-refractivity contribution in [1.82, 2.24) is 5.32 Å². The van der Waals surface area contributed by atoms with Gasteiger partial charge in [-0.05, 0) is 24.8 Å². The second-order valence-electron chi connectivity index (χ2n) is 6.49. The van der Waals surface area contributed by atoms with Crippen molar-refractivity contribution in [3.63, 3.8) is 0 Å². The summed E-state index contributed by atoms with van der Waals surface area (Å²) in [5, 5.41) is 21.7. The Kier molecular flexibility index (Phi) is 8.13. The van der Waals surface area contributed by atoms with Crippen LogP contribution < -0.4 is 5.32 Å². The first-order chi connectivity index (χ1) is 10.5. The summed E-state index contributed by atoms with van der Waals surface area (Å²) in [4.78, 5) is 11.8. The first-order valence-electron chi connectivity index (χ1n) is 8.08. The summed E-state index contributed by atoms with van der Waals surface area (Å²) >= 11 is 0. The molecule has 1 rings (SSSR count). The molecule has 0 saturated heterocycles. The lowest BCUT2D eigenvalue weighted by Gasteiger charge is -2.27. The molecule has 1 atom stereocenters. The van der Waals surface area contributed by atoms with E-state index in [-0.39, 0.29) is 6.61 Å². The minimum atomic E-state index is -1.17. The molecule has 0 heterocycles. The Balaban J connectivity index is 2.07. The minimum absolute atomic E-state index is 0.221. The van der Waals surface area contributed by atoms with E-state index in [1.807, 2.05) is 6.07 Å². The maximum Gasteiger partial charge on any atom is 0.249 e. The number of aliphatic hydroxyl groups excluding tert-OH is 2. The van der Waals surface area contributed by atoms with Crippen molar-refractivity contribution in [3.8, 4) is 0 Å². The number of hydrogen-bond donors (Lipinski definition) is 3. The number of carbonyl (C=O) groups is 1. The molecule has 4 nitrogen and oxygen atoms in total. The van der Waals surface area contributed by atoms with E-state index in [0.29, 0.717) is 6.54 Å².